The first-order valence-electron chi connectivity index (χ1n) is 11.7. The molecular formula is C28H29ClO4S. The van der Waals surface area contributed by atoms with Crippen LogP contribution in [0.1, 0.15) is 47.9 Å². The van der Waals surface area contributed by atoms with Gasteiger partial charge in [0.05, 0.1) is 24.7 Å². The third-order valence-corrected chi connectivity index (χ3v) is 7.46. The van der Waals surface area contributed by atoms with Crippen LogP contribution < -0.4 is 9.47 Å². The molecule has 1 aliphatic heterocycles. The van der Waals surface area contributed by atoms with Crippen LogP contribution in [0.25, 0.3) is 0 Å². The summed E-state index contributed by atoms with van der Waals surface area (Å²) in [6.07, 6.45) is 2.80. The van der Waals surface area contributed by atoms with Gasteiger partial charge in [0, 0.05) is 27.7 Å². The highest BCUT2D eigenvalue weighted by atomic mass is 35.5. The number of hydrogen-bond acceptors (Lipinski definition) is 4. The maximum absolute atomic E-state index is 10.9. The minimum Gasteiger partial charge on any atom is -0.493 e. The van der Waals surface area contributed by atoms with Crippen LogP contribution in [0, 0.1) is 0 Å². The van der Waals surface area contributed by atoms with Crippen molar-refractivity contribution in [3.8, 4) is 11.5 Å². The number of benzene rings is 3. The fourth-order valence-electron chi connectivity index (χ4n) is 4.28. The standard InChI is InChI=1S/C28H29ClO4S/c1-2-7-22-25(12-11-21-23(18-33-28(21)22)20-8-4-3-5-9-20)32-14-6-15-34-26-13-10-19(16-24(26)29)17-27(30)31/h3-5,8-13,16,23H,2,6-7,14-15,17-18H2,1H3,(H,30,31). The number of thioether (sulfide) groups is 1. The molecule has 1 N–H and O–H groups in total. The van der Waals surface area contributed by atoms with Crippen LogP contribution in [0.5, 0.6) is 11.5 Å². The number of carboxylic acids is 1. The summed E-state index contributed by atoms with van der Waals surface area (Å²) in [5, 5.41) is 9.52. The number of carbonyl (C=O) groups is 1. The summed E-state index contributed by atoms with van der Waals surface area (Å²) >= 11 is 7.99. The van der Waals surface area contributed by atoms with Gasteiger partial charge in [-0.25, -0.2) is 0 Å². The molecule has 4 nitrogen and oxygen atoms in total. The molecule has 0 saturated carbocycles. The van der Waals surface area contributed by atoms with Crippen LogP contribution in [-0.4, -0.2) is 30.0 Å². The molecule has 3 aromatic rings. The molecule has 0 saturated heterocycles. The average molecular weight is 497 g/mol. The zero-order valence-corrected chi connectivity index (χ0v) is 20.8. The topological polar surface area (TPSA) is 55.8 Å². The Hall–Kier alpha value is -2.63. The van der Waals surface area contributed by atoms with Crippen LogP contribution >= 0.6 is 23.4 Å². The third kappa shape index (κ3) is 5.89. The van der Waals surface area contributed by atoms with E-state index < -0.39 is 5.97 Å². The summed E-state index contributed by atoms with van der Waals surface area (Å²) in [6, 6.07) is 20.2. The number of rotatable bonds is 11. The minimum absolute atomic E-state index is 0.0187. The van der Waals surface area contributed by atoms with E-state index >= 15 is 0 Å². The van der Waals surface area contributed by atoms with Crippen LogP contribution in [-0.2, 0) is 17.6 Å². The Kier molecular flexibility index (Phi) is 8.41. The van der Waals surface area contributed by atoms with Gasteiger partial charge < -0.3 is 14.6 Å². The van der Waals surface area contributed by atoms with Crippen molar-refractivity contribution in [2.75, 3.05) is 19.0 Å². The number of fused-ring (bicyclic) bond motifs is 1. The van der Waals surface area contributed by atoms with Crippen LogP contribution in [0.2, 0.25) is 5.02 Å². The maximum atomic E-state index is 10.9. The fraction of sp³-hybridized carbons (Fsp3) is 0.321. The fourth-order valence-corrected chi connectivity index (χ4v) is 5.49. The molecule has 0 amide bonds. The normalized spacial score (nSPS) is 14.5. The van der Waals surface area contributed by atoms with E-state index in [0.717, 1.165) is 41.4 Å². The van der Waals surface area contributed by atoms with E-state index in [4.69, 9.17) is 26.2 Å². The van der Waals surface area contributed by atoms with Gasteiger partial charge >= 0.3 is 5.97 Å². The summed E-state index contributed by atoms with van der Waals surface area (Å²) in [5.74, 6) is 2.18. The molecule has 1 heterocycles. The molecule has 6 heteroatoms. The molecule has 0 spiro atoms. The highest BCUT2D eigenvalue weighted by Gasteiger charge is 2.29. The lowest BCUT2D eigenvalue weighted by Crippen LogP contribution is -2.03. The molecular weight excluding hydrogens is 468 g/mol. The van der Waals surface area contributed by atoms with E-state index in [1.54, 1.807) is 17.8 Å². The summed E-state index contributed by atoms with van der Waals surface area (Å²) in [7, 11) is 0. The van der Waals surface area contributed by atoms with Crippen LogP contribution in [0.15, 0.2) is 65.6 Å². The Bertz CT molecular complexity index is 1130. The van der Waals surface area contributed by atoms with Crippen molar-refractivity contribution in [2.24, 2.45) is 0 Å². The van der Waals surface area contributed by atoms with E-state index in [2.05, 4.69) is 43.3 Å². The molecule has 0 aliphatic carbocycles. The number of aliphatic carboxylic acids is 1. The van der Waals surface area contributed by atoms with Gasteiger partial charge in [0.2, 0.25) is 0 Å². The van der Waals surface area contributed by atoms with Crippen LogP contribution in [0.4, 0.5) is 0 Å². The summed E-state index contributed by atoms with van der Waals surface area (Å²) < 4.78 is 12.4. The zero-order valence-electron chi connectivity index (χ0n) is 19.3. The molecule has 0 fully saturated rings. The average Bonchev–Trinajstić information content (AvgIpc) is 3.26. The number of carboxylic acid groups (broad SMARTS) is 1. The van der Waals surface area contributed by atoms with Gasteiger partial charge in [-0.3, -0.25) is 4.79 Å². The molecule has 3 aromatic carbocycles. The Balaban J connectivity index is 1.35. The van der Waals surface area contributed by atoms with Crippen molar-refractivity contribution < 1.29 is 19.4 Å². The minimum atomic E-state index is -0.858. The lowest BCUT2D eigenvalue weighted by Gasteiger charge is -2.15. The maximum Gasteiger partial charge on any atom is 0.307 e. The van der Waals surface area contributed by atoms with Gasteiger partial charge in [-0.15, -0.1) is 11.8 Å². The number of hydrogen-bond donors (Lipinski definition) is 1. The van der Waals surface area contributed by atoms with E-state index in [0.29, 0.717) is 23.8 Å². The monoisotopic (exact) mass is 496 g/mol. The van der Waals surface area contributed by atoms with Crippen molar-refractivity contribution in [1.82, 2.24) is 0 Å². The van der Waals surface area contributed by atoms with E-state index in [1.165, 1.54) is 16.7 Å². The summed E-state index contributed by atoms with van der Waals surface area (Å²) in [6.45, 7) is 3.45. The Morgan fingerprint density at radius 2 is 2.00 bits per heavy atom. The second kappa shape index (κ2) is 11.7. The summed E-state index contributed by atoms with van der Waals surface area (Å²) in [4.78, 5) is 11.8. The first kappa shape index (κ1) is 24.5. The van der Waals surface area contributed by atoms with Crippen molar-refractivity contribution in [3.63, 3.8) is 0 Å². The van der Waals surface area contributed by atoms with Crippen molar-refractivity contribution in [1.29, 1.82) is 0 Å². The Morgan fingerprint density at radius 3 is 2.74 bits per heavy atom. The van der Waals surface area contributed by atoms with Crippen molar-refractivity contribution in [3.05, 3.63) is 87.9 Å². The lowest BCUT2D eigenvalue weighted by atomic mass is 9.91. The van der Waals surface area contributed by atoms with Gasteiger partial charge in [0.15, 0.2) is 0 Å². The quantitative estimate of drug-likeness (QED) is 0.228. The lowest BCUT2D eigenvalue weighted by molar-refractivity contribution is -0.136. The molecule has 0 radical (unpaired) electrons. The molecule has 0 aromatic heterocycles. The predicted octanol–water partition coefficient (Wildman–Crippen LogP) is 7.01. The molecule has 4 rings (SSSR count). The van der Waals surface area contributed by atoms with Crippen LogP contribution in [0.3, 0.4) is 0 Å². The van der Waals surface area contributed by atoms with E-state index in [-0.39, 0.29) is 12.3 Å². The molecule has 1 aliphatic rings. The van der Waals surface area contributed by atoms with Gasteiger partial charge in [-0.05, 0) is 42.2 Å². The SMILES string of the molecule is CCCc1c(OCCCSc2ccc(CC(=O)O)cc2Cl)ccc2c1OCC2c1ccccc1. The largest absolute Gasteiger partial charge is 0.493 e. The highest BCUT2D eigenvalue weighted by molar-refractivity contribution is 7.99. The third-order valence-electron chi connectivity index (χ3n) is 5.88. The van der Waals surface area contributed by atoms with E-state index in [9.17, 15) is 4.79 Å². The number of halogens is 1. The Morgan fingerprint density at radius 1 is 1.18 bits per heavy atom. The van der Waals surface area contributed by atoms with Gasteiger partial charge in [0.25, 0.3) is 0 Å². The highest BCUT2D eigenvalue weighted by Crippen LogP contribution is 2.44. The van der Waals surface area contributed by atoms with E-state index in [1.807, 2.05) is 18.2 Å². The first-order chi connectivity index (χ1) is 16.6. The summed E-state index contributed by atoms with van der Waals surface area (Å²) in [5.41, 5.74) is 4.41. The smallest absolute Gasteiger partial charge is 0.307 e. The van der Waals surface area contributed by atoms with Crippen molar-refractivity contribution in [2.45, 2.75) is 43.4 Å². The molecule has 178 valence electrons. The Labute approximate surface area is 210 Å². The second-order valence-corrected chi connectivity index (χ2v) is 9.91. The zero-order chi connectivity index (χ0) is 23.9. The molecule has 1 unspecified atom stereocenters. The predicted molar refractivity (Wildman–Crippen MR) is 138 cm³/mol. The van der Waals surface area contributed by atoms with Crippen molar-refractivity contribution >= 4 is 29.3 Å². The molecule has 34 heavy (non-hydrogen) atoms. The molecule has 0 bridgehead atoms. The molecule has 1 atom stereocenters. The first-order valence-corrected chi connectivity index (χ1v) is 13.0. The second-order valence-electron chi connectivity index (χ2n) is 8.37. The van der Waals surface area contributed by atoms with Gasteiger partial charge in [-0.2, -0.15) is 0 Å². The van der Waals surface area contributed by atoms with Gasteiger partial charge in [-0.1, -0.05) is 67.4 Å². The number of ether oxygens (including phenoxy) is 2. The van der Waals surface area contributed by atoms with Gasteiger partial charge in [0.1, 0.15) is 11.5 Å².